The van der Waals surface area contributed by atoms with Gasteiger partial charge in [0.1, 0.15) is 5.82 Å². The summed E-state index contributed by atoms with van der Waals surface area (Å²) in [6, 6.07) is 2.35. The number of nitrogens with one attached hydrogen (secondary N) is 3. The summed E-state index contributed by atoms with van der Waals surface area (Å²) in [4.78, 5) is 28.7. The number of hydrogen-bond acceptors (Lipinski definition) is 7. The van der Waals surface area contributed by atoms with E-state index in [0.717, 1.165) is 56.3 Å². The molecule has 232 valence electrons. The molecule has 1 aromatic carbocycles. The SMILES string of the molecule is NC1CCC(Nc2nc(NC3CCN(C(=O)Nc4ccc(F)cc4C(F)(F)F)CC3)c3ncn(C4CCCC4)c3n2)CC1. The molecular formula is C29H37F4N9O. The van der Waals surface area contributed by atoms with E-state index in [1.54, 1.807) is 0 Å². The van der Waals surface area contributed by atoms with E-state index in [1.165, 1.54) is 17.7 Å². The van der Waals surface area contributed by atoms with E-state index in [0.29, 0.717) is 55.3 Å². The number of nitrogens with zero attached hydrogens (tertiary/aromatic N) is 5. The Balaban J connectivity index is 1.15. The molecule has 3 aliphatic rings. The monoisotopic (exact) mass is 603 g/mol. The smallest absolute Gasteiger partial charge is 0.365 e. The zero-order chi connectivity index (χ0) is 30.1. The number of carbonyl (C=O) groups is 1. The number of anilines is 3. The van der Waals surface area contributed by atoms with Crippen molar-refractivity contribution in [2.75, 3.05) is 29.0 Å². The number of nitrogens with two attached hydrogens (primary N) is 1. The Morgan fingerprint density at radius 3 is 2.33 bits per heavy atom. The fraction of sp³-hybridized carbons (Fsp3) is 0.586. The predicted octanol–water partition coefficient (Wildman–Crippen LogP) is 5.89. The topological polar surface area (TPSA) is 126 Å². The largest absolute Gasteiger partial charge is 0.418 e. The van der Waals surface area contributed by atoms with Gasteiger partial charge in [0.05, 0.1) is 17.6 Å². The van der Waals surface area contributed by atoms with Crippen LogP contribution < -0.4 is 21.7 Å². The van der Waals surface area contributed by atoms with Crippen molar-refractivity contribution in [3.8, 4) is 0 Å². The van der Waals surface area contributed by atoms with E-state index in [-0.39, 0.29) is 18.1 Å². The average molecular weight is 604 g/mol. The third-order valence-corrected chi connectivity index (χ3v) is 8.90. The molecule has 2 aromatic heterocycles. The Morgan fingerprint density at radius 2 is 1.63 bits per heavy atom. The fourth-order valence-corrected chi connectivity index (χ4v) is 6.45. The molecule has 14 heteroatoms. The van der Waals surface area contributed by atoms with Crippen molar-refractivity contribution >= 4 is 34.6 Å². The molecule has 2 saturated carbocycles. The molecule has 3 fully saturated rings. The van der Waals surface area contributed by atoms with E-state index < -0.39 is 29.3 Å². The number of likely N-dealkylation sites (tertiary alicyclic amines) is 1. The number of hydrogen-bond donors (Lipinski definition) is 4. The summed E-state index contributed by atoms with van der Waals surface area (Å²) in [7, 11) is 0. The number of alkyl halides is 3. The number of halogens is 4. The predicted molar refractivity (Wildman–Crippen MR) is 155 cm³/mol. The van der Waals surface area contributed by atoms with Crippen LogP contribution in [0.5, 0.6) is 0 Å². The molecule has 2 aliphatic carbocycles. The molecule has 0 radical (unpaired) electrons. The van der Waals surface area contributed by atoms with Crippen molar-refractivity contribution in [3.05, 3.63) is 35.9 Å². The zero-order valence-corrected chi connectivity index (χ0v) is 23.8. The molecule has 0 unspecified atom stereocenters. The van der Waals surface area contributed by atoms with Crippen LogP contribution in [0.15, 0.2) is 24.5 Å². The van der Waals surface area contributed by atoms with Crippen LogP contribution in [0.4, 0.5) is 39.8 Å². The second-order valence-electron chi connectivity index (χ2n) is 11.9. The molecule has 0 spiro atoms. The molecule has 10 nitrogen and oxygen atoms in total. The van der Waals surface area contributed by atoms with Crippen molar-refractivity contribution in [2.45, 2.75) is 94.6 Å². The van der Waals surface area contributed by atoms with Gasteiger partial charge in [0.2, 0.25) is 5.95 Å². The second-order valence-corrected chi connectivity index (χ2v) is 11.9. The Morgan fingerprint density at radius 1 is 0.930 bits per heavy atom. The lowest BCUT2D eigenvalue weighted by Gasteiger charge is -2.33. The maximum absolute atomic E-state index is 13.5. The van der Waals surface area contributed by atoms with Crippen LogP contribution in [0.2, 0.25) is 0 Å². The van der Waals surface area contributed by atoms with Crippen LogP contribution in [-0.2, 0) is 6.18 Å². The van der Waals surface area contributed by atoms with Crippen LogP contribution in [0, 0.1) is 5.82 Å². The lowest BCUT2D eigenvalue weighted by molar-refractivity contribution is -0.137. The van der Waals surface area contributed by atoms with Gasteiger partial charge in [-0.15, -0.1) is 0 Å². The molecule has 1 saturated heterocycles. The zero-order valence-electron chi connectivity index (χ0n) is 23.8. The lowest BCUT2D eigenvalue weighted by atomic mass is 9.92. The van der Waals surface area contributed by atoms with E-state index in [2.05, 4.69) is 25.5 Å². The van der Waals surface area contributed by atoms with Crippen molar-refractivity contribution in [2.24, 2.45) is 5.73 Å². The number of imidazole rings is 1. The summed E-state index contributed by atoms with van der Waals surface area (Å²) >= 11 is 0. The summed E-state index contributed by atoms with van der Waals surface area (Å²) < 4.78 is 55.8. The average Bonchev–Trinajstić information content (AvgIpc) is 3.65. The summed E-state index contributed by atoms with van der Waals surface area (Å²) in [6.07, 6.45) is 6.51. The highest BCUT2D eigenvalue weighted by Gasteiger charge is 2.35. The molecule has 43 heavy (non-hydrogen) atoms. The Labute approximate surface area is 246 Å². The normalized spacial score (nSPS) is 22.2. The third kappa shape index (κ3) is 6.63. The summed E-state index contributed by atoms with van der Waals surface area (Å²) in [5.41, 5.74) is 5.89. The molecule has 5 N–H and O–H groups in total. The number of fused-ring (bicyclic) bond motifs is 1. The number of aromatic nitrogens is 4. The van der Waals surface area contributed by atoms with Gasteiger partial charge in [0.15, 0.2) is 17.0 Å². The number of piperidine rings is 1. The summed E-state index contributed by atoms with van der Waals surface area (Å²) in [6.45, 7) is 0.647. The Hall–Kier alpha value is -3.68. The molecule has 0 atom stereocenters. The van der Waals surface area contributed by atoms with Gasteiger partial charge in [0.25, 0.3) is 0 Å². The highest BCUT2D eigenvalue weighted by atomic mass is 19.4. The van der Waals surface area contributed by atoms with Gasteiger partial charge in [-0.05, 0) is 69.6 Å². The van der Waals surface area contributed by atoms with Crippen molar-refractivity contribution in [1.29, 1.82) is 0 Å². The van der Waals surface area contributed by atoms with Crippen LogP contribution in [0.1, 0.15) is 75.8 Å². The van der Waals surface area contributed by atoms with Gasteiger partial charge < -0.3 is 31.2 Å². The van der Waals surface area contributed by atoms with Gasteiger partial charge in [0, 0.05) is 37.3 Å². The second kappa shape index (κ2) is 12.1. The van der Waals surface area contributed by atoms with Crippen LogP contribution in [0.3, 0.4) is 0 Å². The number of benzene rings is 1. The Kier molecular flexibility index (Phi) is 8.29. The fourth-order valence-electron chi connectivity index (χ4n) is 6.45. The maximum atomic E-state index is 13.5. The highest BCUT2D eigenvalue weighted by Crippen LogP contribution is 2.36. The highest BCUT2D eigenvalue weighted by molar-refractivity contribution is 5.90. The Bertz CT molecular complexity index is 1440. The number of rotatable bonds is 6. The minimum absolute atomic E-state index is 0.0316. The first-order valence-electron chi connectivity index (χ1n) is 15.1. The first-order valence-corrected chi connectivity index (χ1v) is 15.1. The first kappa shape index (κ1) is 29.4. The minimum Gasteiger partial charge on any atom is -0.365 e. The van der Waals surface area contributed by atoms with Crippen LogP contribution in [-0.4, -0.2) is 61.7 Å². The van der Waals surface area contributed by atoms with Crippen molar-refractivity contribution in [1.82, 2.24) is 24.4 Å². The van der Waals surface area contributed by atoms with Gasteiger partial charge >= 0.3 is 12.2 Å². The summed E-state index contributed by atoms with van der Waals surface area (Å²) in [5.74, 6) is 0.151. The van der Waals surface area contributed by atoms with Gasteiger partial charge in [-0.25, -0.2) is 14.2 Å². The van der Waals surface area contributed by atoms with Gasteiger partial charge in [-0.3, -0.25) is 0 Å². The minimum atomic E-state index is -4.80. The van der Waals surface area contributed by atoms with E-state index in [4.69, 9.17) is 15.7 Å². The maximum Gasteiger partial charge on any atom is 0.418 e. The quantitative estimate of drug-likeness (QED) is 0.259. The van der Waals surface area contributed by atoms with E-state index in [9.17, 15) is 22.4 Å². The standard InChI is InChI=1S/C29H37F4N9O/c30-17-5-10-23(22(15-17)29(31,32)33)38-28(43)41-13-11-20(12-14-41)36-25-24-26(42(16-35-24)21-3-1-2-4-21)40-27(39-25)37-19-8-6-18(34)7-9-19/h5,10,15-16,18-21H,1-4,6-9,11-14,34H2,(H,38,43)(H2,36,37,39,40). The van der Waals surface area contributed by atoms with Gasteiger partial charge in [-0.2, -0.15) is 23.1 Å². The number of amides is 2. The number of carbonyl (C=O) groups excluding carboxylic acids is 1. The molecule has 3 aromatic rings. The summed E-state index contributed by atoms with van der Waals surface area (Å²) in [5, 5.41) is 9.35. The van der Waals surface area contributed by atoms with E-state index >= 15 is 0 Å². The van der Waals surface area contributed by atoms with Crippen molar-refractivity contribution in [3.63, 3.8) is 0 Å². The third-order valence-electron chi connectivity index (χ3n) is 8.90. The number of urea groups is 1. The van der Waals surface area contributed by atoms with Gasteiger partial charge in [-0.1, -0.05) is 12.8 Å². The first-order chi connectivity index (χ1) is 20.6. The molecule has 3 heterocycles. The molecule has 1 aliphatic heterocycles. The van der Waals surface area contributed by atoms with Crippen LogP contribution >= 0.6 is 0 Å². The lowest BCUT2D eigenvalue weighted by Crippen LogP contribution is -2.44. The molecule has 6 rings (SSSR count). The molecular weight excluding hydrogens is 566 g/mol. The molecule has 0 bridgehead atoms. The van der Waals surface area contributed by atoms with E-state index in [1.807, 2.05) is 6.33 Å². The van der Waals surface area contributed by atoms with Crippen molar-refractivity contribution < 1.29 is 22.4 Å². The molecule has 2 amide bonds. The van der Waals surface area contributed by atoms with Crippen LogP contribution in [0.25, 0.3) is 11.2 Å².